The minimum Gasteiger partial charge on any atom is -0.339 e. The van der Waals surface area contributed by atoms with E-state index in [-0.39, 0.29) is 33.7 Å². The number of anilines is 9. The van der Waals surface area contributed by atoms with Crippen molar-refractivity contribution in [1.82, 2.24) is 44.4 Å². The zero-order chi connectivity index (χ0) is 45.2. The molecule has 7 rings (SSSR count). The van der Waals surface area contributed by atoms with Crippen molar-refractivity contribution in [2.24, 2.45) is 7.05 Å². The van der Waals surface area contributed by atoms with Crippen molar-refractivity contribution in [3.05, 3.63) is 151 Å². The van der Waals surface area contributed by atoms with Crippen LogP contribution in [0.4, 0.5) is 56.2 Å². The third-order valence-corrected chi connectivity index (χ3v) is 9.26. The summed E-state index contributed by atoms with van der Waals surface area (Å²) >= 11 is 6.44. The summed E-state index contributed by atoms with van der Waals surface area (Å²) in [5.74, 6) is -0.986. The van der Waals surface area contributed by atoms with E-state index in [0.717, 1.165) is 11.6 Å². The maximum Gasteiger partial charge on any atom is 0.257 e. The highest BCUT2D eigenvalue weighted by molar-refractivity contribution is 6.33. The molecule has 7 aromatic rings. The molecule has 0 unspecified atom stereocenters. The fourth-order valence-electron chi connectivity index (χ4n) is 6.09. The molecule has 0 radical (unpaired) electrons. The third kappa shape index (κ3) is 11.7. The first kappa shape index (κ1) is 43.8. The zero-order valence-corrected chi connectivity index (χ0v) is 35.4. The molecular weight excluding hydrogens is 841 g/mol. The number of hydrogen-bond donors (Lipinski definition) is 6. The van der Waals surface area contributed by atoms with Gasteiger partial charge in [0.15, 0.2) is 0 Å². The number of likely N-dealkylation sites (N-methyl/N-ethyl adjacent to an activating group) is 1. The lowest BCUT2D eigenvalue weighted by molar-refractivity contribution is -0.112. The van der Waals surface area contributed by atoms with E-state index in [4.69, 9.17) is 11.6 Å². The molecule has 0 aliphatic rings. The number of nitrogens with one attached hydrogen (secondary N) is 6. The molecule has 64 heavy (non-hydrogen) atoms. The molecule has 4 aromatic heterocycles. The van der Waals surface area contributed by atoms with Crippen molar-refractivity contribution < 1.29 is 18.8 Å². The van der Waals surface area contributed by atoms with Gasteiger partial charge < -0.3 is 36.8 Å². The summed E-state index contributed by atoms with van der Waals surface area (Å²) in [6.45, 7) is 4.43. The van der Waals surface area contributed by atoms with E-state index in [1.165, 1.54) is 30.5 Å². The number of carbonyl (C=O) groups is 3. The fraction of sp³-hybridized carbons (Fsp3) is 0.114. The number of carbonyl (C=O) groups excluding carboxylic acids is 3. The standard InChI is InChI=1S/C44H41ClFN15O3/c1-5-39(62)51-30-11-13-33(37(20-30)56-38-15-16-47-43(57-38)54-31-21-49-60(4)25-31)42(64)53-28-9-6-8-27(18-28)24-61-26-32(22-50-61)55-44-48-23-35(45)41(58-44)34-19-29(12-14-36(34)46)52-40(63)10-7-17-59(2)3/h5-16,18-23,25-26H,1,17,24H2,2-4H3,(H,51,62)(H,52,63)(H,53,64)(H,48,55,58)(H2,47,54,56,57)/b10-7+. The van der Waals surface area contributed by atoms with E-state index in [1.807, 2.05) is 37.2 Å². The van der Waals surface area contributed by atoms with Gasteiger partial charge in [0.2, 0.25) is 23.7 Å². The Morgan fingerprint density at radius 2 is 1.53 bits per heavy atom. The van der Waals surface area contributed by atoms with Gasteiger partial charge in [-0.1, -0.05) is 36.4 Å². The Labute approximate surface area is 371 Å². The molecule has 4 heterocycles. The van der Waals surface area contributed by atoms with Gasteiger partial charge in [0.05, 0.1) is 58.5 Å². The number of hydrogen-bond acceptors (Lipinski definition) is 13. The van der Waals surface area contributed by atoms with Gasteiger partial charge in [-0.15, -0.1) is 0 Å². The molecule has 0 fully saturated rings. The van der Waals surface area contributed by atoms with E-state index >= 15 is 4.39 Å². The molecule has 0 spiro atoms. The number of aryl methyl sites for hydroxylation is 1. The van der Waals surface area contributed by atoms with Crippen molar-refractivity contribution in [3.8, 4) is 11.3 Å². The van der Waals surface area contributed by atoms with E-state index in [9.17, 15) is 14.4 Å². The Bertz CT molecular complexity index is 2880. The Morgan fingerprint density at radius 1 is 0.797 bits per heavy atom. The minimum atomic E-state index is -0.588. The third-order valence-electron chi connectivity index (χ3n) is 8.99. The monoisotopic (exact) mass is 881 g/mol. The average molecular weight is 882 g/mol. The first-order valence-electron chi connectivity index (χ1n) is 19.4. The SMILES string of the molecule is C=CC(=O)Nc1ccc(C(=O)Nc2cccc(Cn3cc(Nc4ncc(Cl)c(-c5cc(NC(=O)/C=C/CN(C)C)ccc5F)n4)cn3)c2)c(Nc2ccnc(Nc3cnn(C)c3)n2)c1. The van der Waals surface area contributed by atoms with Gasteiger partial charge >= 0.3 is 0 Å². The Balaban J connectivity index is 1.02. The van der Waals surface area contributed by atoms with Crippen LogP contribution >= 0.6 is 11.6 Å². The number of benzene rings is 3. The molecule has 0 saturated heterocycles. The van der Waals surface area contributed by atoms with Crippen molar-refractivity contribution in [2.45, 2.75) is 6.54 Å². The van der Waals surface area contributed by atoms with Gasteiger partial charge in [0, 0.05) is 60.9 Å². The van der Waals surface area contributed by atoms with E-state index in [2.05, 4.69) is 68.6 Å². The van der Waals surface area contributed by atoms with Crippen LogP contribution in [-0.4, -0.2) is 82.8 Å². The van der Waals surface area contributed by atoms with E-state index in [1.54, 1.807) is 83.8 Å². The van der Waals surface area contributed by atoms with Gasteiger partial charge in [0.25, 0.3) is 5.91 Å². The maximum atomic E-state index is 15.1. The van der Waals surface area contributed by atoms with Crippen LogP contribution in [0.1, 0.15) is 15.9 Å². The largest absolute Gasteiger partial charge is 0.339 e. The quantitative estimate of drug-likeness (QED) is 0.0494. The van der Waals surface area contributed by atoms with Gasteiger partial charge in [-0.3, -0.25) is 23.7 Å². The molecule has 3 aromatic carbocycles. The molecule has 20 heteroatoms. The fourth-order valence-corrected chi connectivity index (χ4v) is 6.28. The Kier molecular flexibility index (Phi) is 13.7. The van der Waals surface area contributed by atoms with Crippen LogP contribution in [0.15, 0.2) is 129 Å². The molecule has 3 amide bonds. The predicted octanol–water partition coefficient (Wildman–Crippen LogP) is 7.37. The highest BCUT2D eigenvalue weighted by Crippen LogP contribution is 2.32. The Morgan fingerprint density at radius 3 is 2.31 bits per heavy atom. The normalized spacial score (nSPS) is 11.0. The maximum absolute atomic E-state index is 15.1. The predicted molar refractivity (Wildman–Crippen MR) is 245 cm³/mol. The number of nitrogens with zero attached hydrogens (tertiary/aromatic N) is 9. The molecule has 0 saturated carbocycles. The van der Waals surface area contributed by atoms with Crippen LogP contribution in [0.2, 0.25) is 5.02 Å². The summed E-state index contributed by atoms with van der Waals surface area (Å²) in [6.07, 6.45) is 13.9. The Hall–Kier alpha value is -8.29. The topological polar surface area (TPSA) is 214 Å². The van der Waals surface area contributed by atoms with Crippen LogP contribution in [0.25, 0.3) is 11.3 Å². The van der Waals surface area contributed by atoms with Gasteiger partial charge in [0.1, 0.15) is 11.6 Å². The summed E-state index contributed by atoms with van der Waals surface area (Å²) < 4.78 is 18.4. The first-order valence-corrected chi connectivity index (χ1v) is 19.8. The van der Waals surface area contributed by atoms with Gasteiger partial charge in [-0.05, 0) is 80.3 Å². The van der Waals surface area contributed by atoms with Crippen LogP contribution in [0.5, 0.6) is 0 Å². The van der Waals surface area contributed by atoms with Crippen molar-refractivity contribution in [1.29, 1.82) is 0 Å². The summed E-state index contributed by atoms with van der Waals surface area (Å²) in [5, 5.41) is 26.5. The van der Waals surface area contributed by atoms with E-state index < -0.39 is 17.6 Å². The summed E-state index contributed by atoms with van der Waals surface area (Å²) in [4.78, 5) is 57.8. The van der Waals surface area contributed by atoms with Gasteiger partial charge in [-0.2, -0.15) is 15.2 Å². The lowest BCUT2D eigenvalue weighted by Gasteiger charge is -2.15. The average Bonchev–Trinajstić information content (AvgIpc) is 3.89. The number of rotatable bonds is 17. The minimum absolute atomic E-state index is 0.0734. The lowest BCUT2D eigenvalue weighted by atomic mass is 10.1. The molecule has 0 aliphatic carbocycles. The molecule has 18 nitrogen and oxygen atoms in total. The van der Waals surface area contributed by atoms with Crippen LogP contribution in [0.3, 0.4) is 0 Å². The smallest absolute Gasteiger partial charge is 0.257 e. The van der Waals surface area contributed by atoms with Crippen LogP contribution in [-0.2, 0) is 23.2 Å². The summed E-state index contributed by atoms with van der Waals surface area (Å²) in [6, 6.07) is 17.9. The molecule has 0 bridgehead atoms. The second-order valence-corrected chi connectivity index (χ2v) is 14.7. The highest BCUT2D eigenvalue weighted by Gasteiger charge is 2.17. The number of halogens is 2. The molecule has 0 aliphatic heterocycles. The van der Waals surface area contributed by atoms with Crippen LogP contribution in [0, 0.1) is 5.82 Å². The second kappa shape index (κ2) is 20.1. The van der Waals surface area contributed by atoms with Crippen LogP contribution < -0.4 is 31.9 Å². The van der Waals surface area contributed by atoms with Crippen molar-refractivity contribution >= 4 is 81.2 Å². The molecule has 324 valence electrons. The number of aromatic nitrogens is 8. The summed E-state index contributed by atoms with van der Waals surface area (Å²) in [5.41, 5.74) is 4.19. The van der Waals surface area contributed by atoms with Gasteiger partial charge in [-0.25, -0.2) is 19.3 Å². The van der Waals surface area contributed by atoms with Crippen molar-refractivity contribution in [3.63, 3.8) is 0 Å². The van der Waals surface area contributed by atoms with E-state index in [0.29, 0.717) is 59.0 Å². The summed E-state index contributed by atoms with van der Waals surface area (Å²) in [7, 11) is 5.56. The van der Waals surface area contributed by atoms with Crippen molar-refractivity contribution in [2.75, 3.05) is 52.5 Å². The second-order valence-electron chi connectivity index (χ2n) is 14.3. The zero-order valence-electron chi connectivity index (χ0n) is 34.7. The first-order chi connectivity index (χ1) is 30.9. The highest BCUT2D eigenvalue weighted by atomic mass is 35.5. The lowest BCUT2D eigenvalue weighted by Crippen LogP contribution is -2.15. The number of amides is 3. The molecule has 0 atom stereocenters. The molecule has 6 N–H and O–H groups in total. The molecular formula is C44H41ClFN15O3.